The Bertz CT molecular complexity index is 357. The molecule has 0 saturated heterocycles. The molecule has 0 bridgehead atoms. The first-order valence-electron chi connectivity index (χ1n) is 4.86. The number of hydrogen-bond acceptors (Lipinski definition) is 3. The van der Waals surface area contributed by atoms with E-state index in [0.29, 0.717) is 11.6 Å². The van der Waals surface area contributed by atoms with Crippen LogP contribution in [0.15, 0.2) is 24.3 Å². The molecule has 0 aromatic heterocycles. The molecule has 1 aromatic rings. The number of halogens is 1. The van der Waals surface area contributed by atoms with E-state index in [1.165, 1.54) is 4.90 Å². The molecule has 0 saturated carbocycles. The lowest BCUT2D eigenvalue weighted by molar-refractivity contribution is 0.0894. The largest absolute Gasteiger partial charge is 0.447 e. The van der Waals surface area contributed by atoms with E-state index in [9.17, 15) is 4.79 Å². The molecule has 0 aliphatic rings. The molecule has 0 aliphatic carbocycles. The summed E-state index contributed by atoms with van der Waals surface area (Å²) in [5.41, 5.74) is 0.927. The second-order valence-electron chi connectivity index (χ2n) is 3.32. The maximum absolute atomic E-state index is 11.4. The summed E-state index contributed by atoms with van der Waals surface area (Å²) in [7, 11) is 1.63. The molecule has 4 nitrogen and oxygen atoms in total. The Morgan fingerprint density at radius 2 is 2.31 bits per heavy atom. The molecule has 0 atom stereocenters. The van der Waals surface area contributed by atoms with Crippen LogP contribution in [0.25, 0.3) is 0 Å². The van der Waals surface area contributed by atoms with Crippen molar-refractivity contribution in [3.63, 3.8) is 0 Å². The molecule has 5 heteroatoms. The van der Waals surface area contributed by atoms with Gasteiger partial charge in [-0.25, -0.2) is 4.79 Å². The minimum atomic E-state index is -0.464. The lowest BCUT2D eigenvalue weighted by Gasteiger charge is -2.16. The minimum absolute atomic E-state index is 0.0126. The van der Waals surface area contributed by atoms with E-state index in [-0.39, 0.29) is 13.2 Å². The van der Waals surface area contributed by atoms with E-state index < -0.39 is 6.09 Å². The van der Waals surface area contributed by atoms with E-state index in [4.69, 9.17) is 21.4 Å². The van der Waals surface area contributed by atoms with Crippen molar-refractivity contribution in [2.45, 2.75) is 6.54 Å². The molecular formula is C11H14ClNO3. The van der Waals surface area contributed by atoms with Crippen molar-refractivity contribution in [3.05, 3.63) is 34.9 Å². The van der Waals surface area contributed by atoms with E-state index in [1.807, 2.05) is 12.1 Å². The average molecular weight is 244 g/mol. The summed E-state index contributed by atoms with van der Waals surface area (Å²) < 4.78 is 4.76. The molecule has 0 aliphatic heterocycles. The van der Waals surface area contributed by atoms with Crippen molar-refractivity contribution in [3.8, 4) is 0 Å². The summed E-state index contributed by atoms with van der Waals surface area (Å²) >= 11 is 5.82. The smallest absolute Gasteiger partial charge is 0.409 e. The van der Waals surface area contributed by atoms with Crippen LogP contribution in [0, 0.1) is 0 Å². The quantitative estimate of drug-likeness (QED) is 0.879. The number of amides is 1. The van der Waals surface area contributed by atoms with Gasteiger partial charge < -0.3 is 14.7 Å². The predicted molar refractivity (Wildman–Crippen MR) is 61.4 cm³/mol. The Hall–Kier alpha value is -1.26. The van der Waals surface area contributed by atoms with Crippen LogP contribution in [0.5, 0.6) is 0 Å². The maximum Gasteiger partial charge on any atom is 0.409 e. The number of ether oxygens (including phenoxy) is 1. The average Bonchev–Trinajstić information content (AvgIpc) is 2.25. The highest BCUT2D eigenvalue weighted by atomic mass is 35.5. The minimum Gasteiger partial charge on any atom is -0.447 e. The molecule has 1 aromatic carbocycles. The molecule has 1 amide bonds. The summed E-state index contributed by atoms with van der Waals surface area (Å²) in [5, 5.41) is 9.14. The Morgan fingerprint density at radius 1 is 1.56 bits per heavy atom. The summed E-state index contributed by atoms with van der Waals surface area (Å²) in [5.74, 6) is 0. The Morgan fingerprint density at radius 3 is 2.94 bits per heavy atom. The van der Waals surface area contributed by atoms with E-state index in [2.05, 4.69) is 0 Å². The van der Waals surface area contributed by atoms with Gasteiger partial charge >= 0.3 is 6.09 Å². The zero-order valence-corrected chi connectivity index (χ0v) is 9.78. The molecule has 0 heterocycles. The highest BCUT2D eigenvalue weighted by molar-refractivity contribution is 6.30. The zero-order valence-electron chi connectivity index (χ0n) is 9.02. The third-order valence-corrected chi connectivity index (χ3v) is 2.17. The van der Waals surface area contributed by atoms with Crippen LogP contribution in [0.2, 0.25) is 5.02 Å². The molecule has 1 rings (SSSR count). The second kappa shape index (κ2) is 6.35. The van der Waals surface area contributed by atoms with E-state index in [0.717, 1.165) is 5.56 Å². The van der Waals surface area contributed by atoms with Crippen molar-refractivity contribution >= 4 is 17.7 Å². The summed E-state index contributed by atoms with van der Waals surface area (Å²) in [6.45, 7) is 0.264. The first-order chi connectivity index (χ1) is 7.63. The third-order valence-electron chi connectivity index (χ3n) is 1.94. The molecule has 0 spiro atoms. The Balaban J connectivity index is 2.50. The summed E-state index contributed by atoms with van der Waals surface area (Å²) in [6, 6.07) is 7.26. The monoisotopic (exact) mass is 243 g/mol. The highest BCUT2D eigenvalue weighted by Gasteiger charge is 2.09. The van der Waals surface area contributed by atoms with Gasteiger partial charge in [0.25, 0.3) is 0 Å². The van der Waals surface area contributed by atoms with E-state index in [1.54, 1.807) is 19.2 Å². The molecule has 88 valence electrons. The van der Waals surface area contributed by atoms with Gasteiger partial charge in [0.2, 0.25) is 0 Å². The normalized spacial score (nSPS) is 9.94. The maximum atomic E-state index is 11.4. The summed E-state index contributed by atoms with van der Waals surface area (Å²) in [4.78, 5) is 12.8. The number of carbonyl (C=O) groups excluding carboxylic acids is 1. The van der Waals surface area contributed by atoms with Gasteiger partial charge in [-0.2, -0.15) is 0 Å². The molecule has 0 fully saturated rings. The van der Waals surface area contributed by atoms with E-state index >= 15 is 0 Å². The van der Waals surface area contributed by atoms with Crippen LogP contribution >= 0.6 is 11.6 Å². The predicted octanol–water partition coefficient (Wildman–Crippen LogP) is 1.90. The van der Waals surface area contributed by atoms with Gasteiger partial charge in [0.1, 0.15) is 6.61 Å². The molecular weight excluding hydrogens is 230 g/mol. The fourth-order valence-corrected chi connectivity index (χ4v) is 1.43. The fraction of sp³-hybridized carbons (Fsp3) is 0.364. The molecule has 0 unspecified atom stereocenters. The number of carbonyl (C=O) groups is 1. The lowest BCUT2D eigenvalue weighted by Crippen LogP contribution is -2.27. The second-order valence-corrected chi connectivity index (χ2v) is 3.76. The number of aliphatic hydroxyl groups is 1. The van der Waals surface area contributed by atoms with Crippen LogP contribution in [0.1, 0.15) is 5.56 Å². The molecule has 16 heavy (non-hydrogen) atoms. The number of benzene rings is 1. The first kappa shape index (κ1) is 12.8. The number of nitrogens with zero attached hydrogens (tertiary/aromatic N) is 1. The van der Waals surface area contributed by atoms with Crippen LogP contribution in [-0.4, -0.2) is 36.4 Å². The van der Waals surface area contributed by atoms with Crippen molar-refractivity contribution in [2.24, 2.45) is 0 Å². The van der Waals surface area contributed by atoms with Crippen molar-refractivity contribution in [2.75, 3.05) is 20.3 Å². The first-order valence-corrected chi connectivity index (χ1v) is 5.24. The van der Waals surface area contributed by atoms with Crippen LogP contribution < -0.4 is 0 Å². The SMILES string of the molecule is CN(Cc1cccc(Cl)c1)C(=O)OCCO. The van der Waals surface area contributed by atoms with Gasteiger partial charge in [0, 0.05) is 18.6 Å². The fourth-order valence-electron chi connectivity index (χ4n) is 1.22. The van der Waals surface area contributed by atoms with Gasteiger partial charge in [-0.3, -0.25) is 0 Å². The van der Waals surface area contributed by atoms with Gasteiger partial charge in [0.05, 0.1) is 6.61 Å². The van der Waals surface area contributed by atoms with Gasteiger partial charge in [-0.15, -0.1) is 0 Å². The summed E-state index contributed by atoms with van der Waals surface area (Å²) in [6.07, 6.45) is -0.464. The zero-order chi connectivity index (χ0) is 12.0. The lowest BCUT2D eigenvalue weighted by atomic mass is 10.2. The molecule has 1 N–H and O–H groups in total. The Labute approximate surface area is 99.4 Å². The standard InChI is InChI=1S/C11H14ClNO3/c1-13(11(15)16-6-5-14)8-9-3-2-4-10(12)7-9/h2-4,7,14H,5-6,8H2,1H3. The van der Waals surface area contributed by atoms with Gasteiger partial charge in [-0.1, -0.05) is 23.7 Å². The molecule has 0 radical (unpaired) electrons. The Kier molecular flexibility index (Phi) is 5.08. The van der Waals surface area contributed by atoms with Crippen LogP contribution in [0.3, 0.4) is 0 Å². The van der Waals surface area contributed by atoms with Gasteiger partial charge in [0.15, 0.2) is 0 Å². The van der Waals surface area contributed by atoms with Crippen LogP contribution in [0.4, 0.5) is 4.79 Å². The van der Waals surface area contributed by atoms with Gasteiger partial charge in [-0.05, 0) is 17.7 Å². The van der Waals surface area contributed by atoms with Crippen LogP contribution in [-0.2, 0) is 11.3 Å². The number of hydrogen-bond donors (Lipinski definition) is 1. The third kappa shape index (κ3) is 4.08. The highest BCUT2D eigenvalue weighted by Crippen LogP contribution is 2.12. The van der Waals surface area contributed by atoms with Crippen molar-refractivity contribution in [1.82, 2.24) is 4.90 Å². The number of rotatable bonds is 4. The van der Waals surface area contributed by atoms with Crippen molar-refractivity contribution < 1.29 is 14.6 Å². The number of aliphatic hydroxyl groups excluding tert-OH is 1. The van der Waals surface area contributed by atoms with Crippen molar-refractivity contribution in [1.29, 1.82) is 0 Å². The topological polar surface area (TPSA) is 49.8 Å².